The number of halogens is 1. The molecule has 0 saturated heterocycles. The van der Waals surface area contributed by atoms with Crippen molar-refractivity contribution in [2.24, 2.45) is 23.7 Å². The maximum Gasteiger partial charge on any atom is -0.000209 e. The number of rotatable bonds is 5. The Balaban J connectivity index is 1.68. The SMILES string of the molecule is CCCC1CCC(C2CCC(CCI)CC2)CC1. The zero-order valence-electron chi connectivity index (χ0n) is 12.2. The molecule has 1 heteroatoms. The maximum absolute atomic E-state index is 2.55. The molecule has 2 rings (SSSR count). The number of hydrogen-bond donors (Lipinski definition) is 0. The fourth-order valence-electron chi connectivity index (χ4n) is 4.46. The predicted octanol–water partition coefficient (Wildman–Crippen LogP) is 6.22. The normalized spacial score (nSPS) is 37.7. The summed E-state index contributed by atoms with van der Waals surface area (Å²) in [5.41, 5.74) is 0. The first-order chi connectivity index (χ1) is 8.83. The Morgan fingerprint density at radius 1 is 0.722 bits per heavy atom. The van der Waals surface area contributed by atoms with Crippen LogP contribution >= 0.6 is 22.6 Å². The number of alkyl halides is 1. The van der Waals surface area contributed by atoms with Gasteiger partial charge < -0.3 is 0 Å². The standard InChI is InChI=1S/C17H31I/c1-2-3-14-4-8-16(9-5-14)17-10-6-15(7-11-17)12-13-18/h14-17H,2-13H2,1H3. The second-order valence-corrected chi connectivity index (χ2v) is 7.91. The van der Waals surface area contributed by atoms with Crippen LogP contribution in [0.1, 0.15) is 77.6 Å². The smallest absolute Gasteiger partial charge is 0.000209 e. The third kappa shape index (κ3) is 4.38. The van der Waals surface area contributed by atoms with Gasteiger partial charge in [-0.15, -0.1) is 0 Å². The van der Waals surface area contributed by atoms with Crippen LogP contribution in [0.2, 0.25) is 0 Å². The van der Waals surface area contributed by atoms with Crippen LogP contribution < -0.4 is 0 Å². The first-order valence-electron chi connectivity index (χ1n) is 8.39. The monoisotopic (exact) mass is 362 g/mol. The lowest BCUT2D eigenvalue weighted by atomic mass is 9.68. The quantitative estimate of drug-likeness (QED) is 0.402. The lowest BCUT2D eigenvalue weighted by molar-refractivity contribution is 0.143. The van der Waals surface area contributed by atoms with Gasteiger partial charge in [0.2, 0.25) is 0 Å². The van der Waals surface area contributed by atoms with Crippen LogP contribution in [-0.4, -0.2) is 4.43 Å². The van der Waals surface area contributed by atoms with Crippen molar-refractivity contribution in [2.75, 3.05) is 4.43 Å². The molecule has 18 heavy (non-hydrogen) atoms. The predicted molar refractivity (Wildman–Crippen MR) is 89.3 cm³/mol. The molecule has 0 aliphatic heterocycles. The molecule has 0 N–H and O–H groups in total. The Kier molecular flexibility index (Phi) is 6.82. The lowest BCUT2D eigenvalue weighted by Gasteiger charge is -2.37. The molecule has 0 spiro atoms. The second-order valence-electron chi connectivity index (χ2n) is 6.83. The van der Waals surface area contributed by atoms with Gasteiger partial charge in [-0.25, -0.2) is 0 Å². The summed E-state index contributed by atoms with van der Waals surface area (Å²) in [6.45, 7) is 2.35. The van der Waals surface area contributed by atoms with Gasteiger partial charge in [-0.3, -0.25) is 0 Å². The minimum atomic E-state index is 1.08. The molecule has 2 aliphatic rings. The molecule has 0 radical (unpaired) electrons. The average molecular weight is 362 g/mol. The van der Waals surface area contributed by atoms with Gasteiger partial charge in [-0.2, -0.15) is 0 Å². The van der Waals surface area contributed by atoms with E-state index in [0.29, 0.717) is 0 Å². The van der Waals surface area contributed by atoms with Crippen molar-refractivity contribution >= 4 is 22.6 Å². The molecular formula is C17H31I. The highest BCUT2D eigenvalue weighted by atomic mass is 127. The fraction of sp³-hybridized carbons (Fsp3) is 1.00. The Bertz CT molecular complexity index is 186. The molecule has 2 fully saturated rings. The molecular weight excluding hydrogens is 331 g/mol. The van der Waals surface area contributed by atoms with E-state index in [4.69, 9.17) is 0 Å². The van der Waals surface area contributed by atoms with E-state index < -0.39 is 0 Å². The largest absolute Gasteiger partial charge is 0.0864 e. The van der Waals surface area contributed by atoms with E-state index in [0.717, 1.165) is 23.7 Å². The van der Waals surface area contributed by atoms with Crippen molar-refractivity contribution in [1.82, 2.24) is 0 Å². The van der Waals surface area contributed by atoms with Gasteiger partial charge in [0.1, 0.15) is 0 Å². The minimum absolute atomic E-state index is 1.08. The van der Waals surface area contributed by atoms with Crippen LogP contribution in [0.4, 0.5) is 0 Å². The molecule has 0 heterocycles. The van der Waals surface area contributed by atoms with E-state index in [1.54, 1.807) is 51.4 Å². The molecule has 0 amide bonds. The van der Waals surface area contributed by atoms with Gasteiger partial charge in [0.05, 0.1) is 0 Å². The van der Waals surface area contributed by atoms with Crippen molar-refractivity contribution in [3.8, 4) is 0 Å². The Labute approximate surface area is 128 Å². The molecule has 0 aromatic rings. The van der Waals surface area contributed by atoms with Gasteiger partial charge in [0, 0.05) is 0 Å². The molecule has 2 saturated carbocycles. The van der Waals surface area contributed by atoms with Crippen LogP contribution in [0.5, 0.6) is 0 Å². The van der Waals surface area contributed by atoms with Gasteiger partial charge in [0.25, 0.3) is 0 Å². The van der Waals surface area contributed by atoms with Gasteiger partial charge in [-0.05, 0) is 60.2 Å². The third-order valence-electron chi connectivity index (χ3n) is 5.66. The van der Waals surface area contributed by atoms with Crippen LogP contribution in [0.25, 0.3) is 0 Å². The van der Waals surface area contributed by atoms with Crippen molar-refractivity contribution in [1.29, 1.82) is 0 Å². The highest BCUT2D eigenvalue weighted by Crippen LogP contribution is 2.42. The maximum atomic E-state index is 2.55. The van der Waals surface area contributed by atoms with E-state index in [-0.39, 0.29) is 0 Å². The Morgan fingerprint density at radius 3 is 1.56 bits per heavy atom. The summed E-state index contributed by atoms with van der Waals surface area (Å²) >= 11 is 2.55. The summed E-state index contributed by atoms with van der Waals surface area (Å²) in [4.78, 5) is 0. The molecule has 0 atom stereocenters. The molecule has 2 aliphatic carbocycles. The molecule has 106 valence electrons. The summed E-state index contributed by atoms with van der Waals surface area (Å²) < 4.78 is 1.37. The van der Waals surface area contributed by atoms with Crippen LogP contribution in [0.3, 0.4) is 0 Å². The molecule has 0 unspecified atom stereocenters. The zero-order chi connectivity index (χ0) is 12.8. The highest BCUT2D eigenvalue weighted by molar-refractivity contribution is 14.1. The summed E-state index contributed by atoms with van der Waals surface area (Å²) in [6, 6.07) is 0. The van der Waals surface area contributed by atoms with Gasteiger partial charge in [0.15, 0.2) is 0 Å². The van der Waals surface area contributed by atoms with Crippen LogP contribution in [0, 0.1) is 23.7 Å². The summed E-state index contributed by atoms with van der Waals surface area (Å²) in [5.74, 6) is 4.38. The molecule has 0 nitrogen and oxygen atoms in total. The van der Waals surface area contributed by atoms with Crippen molar-refractivity contribution in [3.63, 3.8) is 0 Å². The Hall–Kier alpha value is 0.730. The second kappa shape index (κ2) is 8.11. The van der Waals surface area contributed by atoms with E-state index in [1.807, 2.05) is 0 Å². The highest BCUT2D eigenvalue weighted by Gasteiger charge is 2.30. The minimum Gasteiger partial charge on any atom is -0.0864 e. The molecule has 0 aromatic carbocycles. The van der Waals surface area contributed by atoms with E-state index in [1.165, 1.54) is 23.7 Å². The summed E-state index contributed by atoms with van der Waals surface area (Å²) in [5, 5.41) is 0. The topological polar surface area (TPSA) is 0 Å². The van der Waals surface area contributed by atoms with Crippen molar-refractivity contribution in [2.45, 2.75) is 77.6 Å². The van der Waals surface area contributed by atoms with Crippen LogP contribution in [-0.2, 0) is 0 Å². The van der Waals surface area contributed by atoms with Crippen molar-refractivity contribution < 1.29 is 0 Å². The van der Waals surface area contributed by atoms with Crippen LogP contribution in [0.15, 0.2) is 0 Å². The summed E-state index contributed by atoms with van der Waals surface area (Å²) in [7, 11) is 0. The first kappa shape index (κ1) is 15.1. The van der Waals surface area contributed by atoms with E-state index in [9.17, 15) is 0 Å². The average Bonchev–Trinajstić information content (AvgIpc) is 2.41. The third-order valence-corrected chi connectivity index (χ3v) is 6.29. The van der Waals surface area contributed by atoms with Gasteiger partial charge in [-0.1, -0.05) is 68.0 Å². The number of hydrogen-bond acceptors (Lipinski definition) is 0. The summed E-state index contributed by atoms with van der Waals surface area (Å²) in [6.07, 6.45) is 16.8. The lowest BCUT2D eigenvalue weighted by Crippen LogP contribution is -2.26. The Morgan fingerprint density at radius 2 is 1.17 bits per heavy atom. The molecule has 0 aromatic heterocycles. The van der Waals surface area contributed by atoms with Gasteiger partial charge >= 0.3 is 0 Å². The zero-order valence-corrected chi connectivity index (χ0v) is 14.3. The van der Waals surface area contributed by atoms with Crippen molar-refractivity contribution in [3.05, 3.63) is 0 Å². The first-order valence-corrected chi connectivity index (χ1v) is 9.92. The molecule has 0 bridgehead atoms. The van der Waals surface area contributed by atoms with E-state index >= 15 is 0 Å². The van der Waals surface area contributed by atoms with E-state index in [2.05, 4.69) is 29.5 Å². The fourth-order valence-corrected chi connectivity index (χ4v) is 5.34.